The molecule has 0 bridgehead atoms. The van der Waals surface area contributed by atoms with Gasteiger partial charge in [0, 0.05) is 31.8 Å². The van der Waals surface area contributed by atoms with Crippen molar-refractivity contribution in [1.82, 2.24) is 25.6 Å². The van der Waals surface area contributed by atoms with Crippen molar-refractivity contribution in [2.24, 2.45) is 0 Å². The van der Waals surface area contributed by atoms with Crippen molar-refractivity contribution < 1.29 is 24.6 Å². The van der Waals surface area contributed by atoms with Crippen LogP contribution in [0.4, 0.5) is 0 Å². The van der Waals surface area contributed by atoms with E-state index in [1.807, 2.05) is 10.9 Å². The van der Waals surface area contributed by atoms with Gasteiger partial charge < -0.3 is 20.8 Å². The zero-order valence-corrected chi connectivity index (χ0v) is 24.9. The maximum absolute atomic E-state index is 12.4. The minimum Gasteiger partial charge on any atom is -0.480 e. The lowest BCUT2D eigenvalue weighted by Gasteiger charge is -2.19. The summed E-state index contributed by atoms with van der Waals surface area (Å²) in [6, 6.07) is -2.30. The highest BCUT2D eigenvalue weighted by atomic mass is 32.2. The molecule has 2 atom stereocenters. The van der Waals surface area contributed by atoms with E-state index in [0.29, 0.717) is 12.2 Å². The number of thioether (sulfide) groups is 1. The quantitative estimate of drug-likeness (QED) is 0.129. The number of carboxylic acid groups (broad SMARTS) is 1. The number of rotatable bonds is 25. The van der Waals surface area contributed by atoms with Gasteiger partial charge in [0.25, 0.3) is 0 Å². The van der Waals surface area contributed by atoms with Crippen LogP contribution in [-0.4, -0.2) is 73.2 Å². The number of aliphatic carboxylic acids is 1. The number of nitrogens with zero attached hydrogens (tertiary/aromatic N) is 3. The molecule has 11 heteroatoms. The molecule has 0 radical (unpaired) electrons. The van der Waals surface area contributed by atoms with Gasteiger partial charge in [0.2, 0.25) is 11.8 Å². The fourth-order valence-electron chi connectivity index (χ4n) is 4.29. The first-order valence-corrected chi connectivity index (χ1v) is 15.9. The SMILES string of the molecule is CCCCCCCCCCCCCCCCn1cc(CCSCC(NC(C)=O)C(=O)NC(CO)C(=O)O)nn1. The third kappa shape index (κ3) is 17.9. The molecule has 0 saturated heterocycles. The van der Waals surface area contributed by atoms with Gasteiger partial charge in [0.15, 0.2) is 0 Å². The summed E-state index contributed by atoms with van der Waals surface area (Å²) in [4.78, 5) is 34.9. The molecule has 0 aliphatic rings. The molecule has 2 amide bonds. The summed E-state index contributed by atoms with van der Waals surface area (Å²) in [5.41, 5.74) is 0.875. The van der Waals surface area contributed by atoms with Gasteiger partial charge in [-0.25, -0.2) is 4.79 Å². The Kier molecular flexibility index (Phi) is 20.3. The van der Waals surface area contributed by atoms with Crippen LogP contribution in [0.25, 0.3) is 0 Å². The Labute approximate surface area is 238 Å². The van der Waals surface area contributed by atoms with Crippen LogP contribution in [0, 0.1) is 0 Å². The van der Waals surface area contributed by atoms with Crippen LogP contribution < -0.4 is 10.6 Å². The molecular weight excluding hydrogens is 518 g/mol. The Morgan fingerprint density at radius 1 is 0.897 bits per heavy atom. The summed E-state index contributed by atoms with van der Waals surface area (Å²) in [6.45, 7) is 3.69. The van der Waals surface area contributed by atoms with Crippen molar-refractivity contribution in [3.05, 3.63) is 11.9 Å². The summed E-state index contributed by atoms with van der Waals surface area (Å²) in [7, 11) is 0. The zero-order valence-electron chi connectivity index (χ0n) is 24.0. The van der Waals surface area contributed by atoms with Crippen molar-refractivity contribution in [3.8, 4) is 0 Å². The zero-order chi connectivity index (χ0) is 28.7. The normalized spacial score (nSPS) is 12.7. The molecule has 4 N–H and O–H groups in total. The summed E-state index contributed by atoms with van der Waals surface area (Å²) in [6.07, 6.45) is 21.3. The minimum absolute atomic E-state index is 0.274. The van der Waals surface area contributed by atoms with E-state index >= 15 is 0 Å². The fourth-order valence-corrected chi connectivity index (χ4v) is 5.29. The number of aliphatic hydroxyl groups excluding tert-OH is 1. The molecule has 10 nitrogen and oxygen atoms in total. The Hall–Kier alpha value is -2.14. The number of unbranched alkanes of at least 4 members (excludes halogenated alkanes) is 13. The van der Waals surface area contributed by atoms with Gasteiger partial charge in [-0.3, -0.25) is 14.3 Å². The highest BCUT2D eigenvalue weighted by Crippen LogP contribution is 2.13. The monoisotopic (exact) mass is 569 g/mol. The number of nitrogens with one attached hydrogen (secondary N) is 2. The first-order valence-electron chi connectivity index (χ1n) is 14.7. The molecule has 1 aromatic heterocycles. The van der Waals surface area contributed by atoms with Crippen LogP contribution in [0.15, 0.2) is 6.20 Å². The number of amides is 2. The van der Waals surface area contributed by atoms with Gasteiger partial charge >= 0.3 is 5.97 Å². The number of hydrogen-bond acceptors (Lipinski definition) is 7. The van der Waals surface area contributed by atoms with Crippen molar-refractivity contribution in [2.45, 2.75) is 129 Å². The molecule has 0 aliphatic carbocycles. The molecule has 0 aromatic carbocycles. The Bertz CT molecular complexity index is 807. The van der Waals surface area contributed by atoms with Gasteiger partial charge in [0.1, 0.15) is 12.1 Å². The first-order chi connectivity index (χ1) is 18.9. The van der Waals surface area contributed by atoms with Crippen molar-refractivity contribution >= 4 is 29.5 Å². The largest absolute Gasteiger partial charge is 0.480 e. The summed E-state index contributed by atoms with van der Waals surface area (Å²) < 4.78 is 1.88. The van der Waals surface area contributed by atoms with Crippen LogP contribution in [-0.2, 0) is 27.3 Å². The predicted molar refractivity (Wildman–Crippen MR) is 156 cm³/mol. The molecule has 1 heterocycles. The number of carbonyl (C=O) groups is 3. The van der Waals surface area contributed by atoms with E-state index in [4.69, 9.17) is 10.2 Å². The topological polar surface area (TPSA) is 146 Å². The maximum atomic E-state index is 12.4. The van der Waals surface area contributed by atoms with Gasteiger partial charge in [0.05, 0.1) is 12.3 Å². The van der Waals surface area contributed by atoms with Crippen LogP contribution >= 0.6 is 11.8 Å². The molecule has 0 fully saturated rings. The third-order valence-corrected chi connectivity index (χ3v) is 7.67. The van der Waals surface area contributed by atoms with Crippen molar-refractivity contribution in [3.63, 3.8) is 0 Å². The fraction of sp³-hybridized carbons (Fsp3) is 0.821. The van der Waals surface area contributed by atoms with Gasteiger partial charge in [-0.05, 0) is 12.2 Å². The number of carbonyl (C=O) groups excluding carboxylic acids is 2. The maximum Gasteiger partial charge on any atom is 0.328 e. The second kappa shape index (κ2) is 22.7. The molecule has 1 rings (SSSR count). The molecule has 0 spiro atoms. The van der Waals surface area contributed by atoms with Gasteiger partial charge in [-0.1, -0.05) is 95.6 Å². The van der Waals surface area contributed by atoms with E-state index in [1.54, 1.807) is 0 Å². The summed E-state index contributed by atoms with van der Waals surface area (Å²) in [5.74, 6) is -1.42. The van der Waals surface area contributed by atoms with Gasteiger partial charge in [-0.15, -0.1) is 5.10 Å². The van der Waals surface area contributed by atoms with E-state index in [1.165, 1.54) is 102 Å². The standard InChI is InChI=1S/C28H51N5O5S/c1-3-4-5-6-7-8-9-10-11-12-13-14-15-16-18-33-20-24(31-32-33)17-19-39-22-26(29-23(2)35)27(36)30-25(21-34)28(37)38/h20,25-26,34H,3-19,21-22H2,1-2H3,(H,29,35)(H,30,36)(H,37,38). The second-order valence-electron chi connectivity index (χ2n) is 10.2. The number of hydrogen-bond donors (Lipinski definition) is 4. The van der Waals surface area contributed by atoms with Gasteiger partial charge in [-0.2, -0.15) is 11.8 Å². The molecule has 39 heavy (non-hydrogen) atoms. The Morgan fingerprint density at radius 3 is 1.97 bits per heavy atom. The Morgan fingerprint density at radius 2 is 1.46 bits per heavy atom. The number of aliphatic hydroxyl groups is 1. The van der Waals surface area contributed by atoms with Crippen LogP contribution in [0.5, 0.6) is 0 Å². The highest BCUT2D eigenvalue weighted by molar-refractivity contribution is 7.99. The average molecular weight is 570 g/mol. The number of aryl methyl sites for hydroxylation is 2. The molecule has 2 unspecified atom stereocenters. The van der Waals surface area contributed by atoms with Crippen molar-refractivity contribution in [1.29, 1.82) is 0 Å². The smallest absolute Gasteiger partial charge is 0.328 e. The second-order valence-corrected chi connectivity index (χ2v) is 11.4. The van der Waals surface area contributed by atoms with Crippen LogP contribution in [0.2, 0.25) is 0 Å². The summed E-state index contributed by atoms with van der Waals surface area (Å²) >= 11 is 1.46. The Balaban J connectivity index is 2.14. The first kappa shape index (κ1) is 34.9. The van der Waals surface area contributed by atoms with Crippen molar-refractivity contribution in [2.75, 3.05) is 18.1 Å². The third-order valence-electron chi connectivity index (χ3n) is 6.61. The van der Waals surface area contributed by atoms with E-state index in [9.17, 15) is 14.4 Å². The minimum atomic E-state index is -1.41. The number of carboxylic acids is 1. The average Bonchev–Trinajstić information content (AvgIpc) is 3.36. The molecule has 0 saturated carbocycles. The lowest BCUT2D eigenvalue weighted by Crippen LogP contribution is -2.53. The molecule has 1 aromatic rings. The van der Waals surface area contributed by atoms with E-state index < -0.39 is 36.5 Å². The lowest BCUT2D eigenvalue weighted by atomic mass is 10.0. The molecular formula is C28H51N5O5S. The summed E-state index contributed by atoms with van der Waals surface area (Å²) in [5, 5.41) is 31.3. The predicted octanol–water partition coefficient (Wildman–Crippen LogP) is 4.10. The molecule has 0 aliphatic heterocycles. The highest BCUT2D eigenvalue weighted by Gasteiger charge is 2.25. The van der Waals surface area contributed by atoms with E-state index in [2.05, 4.69) is 27.9 Å². The van der Waals surface area contributed by atoms with E-state index in [-0.39, 0.29) is 5.75 Å². The van der Waals surface area contributed by atoms with Crippen LogP contribution in [0.3, 0.4) is 0 Å². The number of aromatic nitrogens is 3. The van der Waals surface area contributed by atoms with E-state index in [0.717, 1.165) is 18.7 Å². The molecule has 224 valence electrons. The van der Waals surface area contributed by atoms with Crippen LogP contribution in [0.1, 0.15) is 109 Å². The lowest BCUT2D eigenvalue weighted by molar-refractivity contribution is -0.143.